The van der Waals surface area contributed by atoms with Crippen molar-refractivity contribution in [1.29, 1.82) is 0 Å². The molecule has 90 valence electrons. The Morgan fingerprint density at radius 1 is 1.35 bits per heavy atom. The standard InChI is InChI=1S/C15H19NO/c1-11(2)16-9-12(3)8-13-10-17-15-7-5-4-6-14(13)15/h4-8,10-11,16H,9H2,1-3H3/b12-8+. The average Bonchev–Trinajstić information content (AvgIpc) is 2.70. The van der Waals surface area contributed by atoms with E-state index in [1.807, 2.05) is 24.5 Å². The minimum absolute atomic E-state index is 0.513. The molecule has 2 aromatic rings. The van der Waals surface area contributed by atoms with Crippen LogP contribution in [0.2, 0.25) is 0 Å². The number of benzene rings is 1. The van der Waals surface area contributed by atoms with Gasteiger partial charge in [-0.2, -0.15) is 0 Å². The van der Waals surface area contributed by atoms with Gasteiger partial charge in [0.05, 0.1) is 6.26 Å². The lowest BCUT2D eigenvalue weighted by Gasteiger charge is -2.07. The van der Waals surface area contributed by atoms with E-state index in [1.54, 1.807) is 0 Å². The molecule has 0 amide bonds. The molecule has 0 aliphatic rings. The molecule has 0 unspecified atom stereocenters. The maximum atomic E-state index is 5.51. The third-order valence-electron chi connectivity index (χ3n) is 2.70. The van der Waals surface area contributed by atoms with Gasteiger partial charge in [0.2, 0.25) is 0 Å². The topological polar surface area (TPSA) is 25.2 Å². The molecule has 2 rings (SSSR count). The van der Waals surface area contributed by atoms with Crippen molar-refractivity contribution < 1.29 is 4.42 Å². The van der Waals surface area contributed by atoms with E-state index in [0.29, 0.717) is 6.04 Å². The zero-order valence-corrected chi connectivity index (χ0v) is 10.7. The lowest BCUT2D eigenvalue weighted by atomic mass is 10.1. The number of hydrogen-bond donors (Lipinski definition) is 1. The molecule has 1 aromatic heterocycles. The minimum atomic E-state index is 0.513. The van der Waals surface area contributed by atoms with Gasteiger partial charge in [-0.05, 0) is 13.0 Å². The van der Waals surface area contributed by atoms with Gasteiger partial charge < -0.3 is 9.73 Å². The molecule has 2 heteroatoms. The van der Waals surface area contributed by atoms with Crippen LogP contribution in [0.15, 0.2) is 40.5 Å². The Hall–Kier alpha value is -1.54. The summed E-state index contributed by atoms with van der Waals surface area (Å²) in [7, 11) is 0. The highest BCUT2D eigenvalue weighted by Crippen LogP contribution is 2.22. The van der Waals surface area contributed by atoms with Crippen molar-refractivity contribution in [3.05, 3.63) is 41.7 Å². The molecule has 0 fully saturated rings. The zero-order chi connectivity index (χ0) is 12.3. The first-order valence-corrected chi connectivity index (χ1v) is 6.03. The van der Waals surface area contributed by atoms with E-state index in [0.717, 1.165) is 17.7 Å². The Labute approximate surface area is 102 Å². The smallest absolute Gasteiger partial charge is 0.134 e. The van der Waals surface area contributed by atoms with Gasteiger partial charge >= 0.3 is 0 Å². The molecule has 1 aromatic carbocycles. The number of para-hydroxylation sites is 1. The quantitative estimate of drug-likeness (QED) is 0.861. The van der Waals surface area contributed by atoms with Crippen LogP contribution < -0.4 is 5.32 Å². The van der Waals surface area contributed by atoms with Gasteiger partial charge in [0, 0.05) is 23.5 Å². The molecule has 0 saturated carbocycles. The van der Waals surface area contributed by atoms with E-state index >= 15 is 0 Å². The number of hydrogen-bond acceptors (Lipinski definition) is 2. The van der Waals surface area contributed by atoms with Crippen LogP contribution in [0.25, 0.3) is 17.0 Å². The van der Waals surface area contributed by atoms with Crippen LogP contribution in [0.1, 0.15) is 26.3 Å². The van der Waals surface area contributed by atoms with E-state index < -0.39 is 0 Å². The summed E-state index contributed by atoms with van der Waals surface area (Å²) in [5.41, 5.74) is 3.41. The molecular weight excluding hydrogens is 210 g/mol. The maximum Gasteiger partial charge on any atom is 0.134 e. The fourth-order valence-corrected chi connectivity index (χ4v) is 1.79. The van der Waals surface area contributed by atoms with E-state index in [-0.39, 0.29) is 0 Å². The number of fused-ring (bicyclic) bond motifs is 1. The van der Waals surface area contributed by atoms with E-state index in [1.165, 1.54) is 11.0 Å². The van der Waals surface area contributed by atoms with Crippen LogP contribution in [0.3, 0.4) is 0 Å². The number of furan rings is 1. The third kappa shape index (κ3) is 2.98. The van der Waals surface area contributed by atoms with Gasteiger partial charge in [-0.25, -0.2) is 0 Å². The summed E-state index contributed by atoms with van der Waals surface area (Å²) >= 11 is 0. The van der Waals surface area contributed by atoms with Crippen molar-refractivity contribution in [2.75, 3.05) is 6.54 Å². The normalized spacial score (nSPS) is 12.6. The molecule has 2 nitrogen and oxygen atoms in total. The van der Waals surface area contributed by atoms with Crippen molar-refractivity contribution in [2.45, 2.75) is 26.8 Å². The molecule has 0 aliphatic carbocycles. The summed E-state index contributed by atoms with van der Waals surface area (Å²) in [5.74, 6) is 0. The van der Waals surface area contributed by atoms with Crippen LogP contribution >= 0.6 is 0 Å². The molecule has 0 radical (unpaired) electrons. The summed E-state index contributed by atoms with van der Waals surface area (Å²) in [6, 6.07) is 8.63. The van der Waals surface area contributed by atoms with E-state index in [2.05, 4.69) is 38.2 Å². The fourth-order valence-electron chi connectivity index (χ4n) is 1.79. The SMILES string of the molecule is C/C(=C\c1coc2ccccc12)CNC(C)C. The fraction of sp³-hybridized carbons (Fsp3) is 0.333. The first kappa shape index (κ1) is 11.9. The first-order chi connectivity index (χ1) is 8.16. The predicted molar refractivity (Wildman–Crippen MR) is 73.0 cm³/mol. The summed E-state index contributed by atoms with van der Waals surface area (Å²) in [4.78, 5) is 0. The summed E-state index contributed by atoms with van der Waals surface area (Å²) in [6.07, 6.45) is 4.00. The monoisotopic (exact) mass is 229 g/mol. The van der Waals surface area contributed by atoms with Gasteiger partial charge in [-0.15, -0.1) is 0 Å². The van der Waals surface area contributed by atoms with Crippen molar-refractivity contribution in [2.24, 2.45) is 0 Å². The van der Waals surface area contributed by atoms with Crippen LogP contribution in [-0.4, -0.2) is 12.6 Å². The number of nitrogens with one attached hydrogen (secondary N) is 1. The van der Waals surface area contributed by atoms with Crippen LogP contribution in [0.5, 0.6) is 0 Å². The average molecular weight is 229 g/mol. The number of rotatable bonds is 4. The summed E-state index contributed by atoms with van der Waals surface area (Å²) in [5, 5.41) is 4.58. The highest BCUT2D eigenvalue weighted by atomic mass is 16.3. The van der Waals surface area contributed by atoms with Crippen molar-refractivity contribution in [1.82, 2.24) is 5.32 Å². The summed E-state index contributed by atoms with van der Waals surface area (Å²) < 4.78 is 5.51. The van der Waals surface area contributed by atoms with Crippen molar-refractivity contribution >= 4 is 17.0 Å². The zero-order valence-electron chi connectivity index (χ0n) is 10.7. The van der Waals surface area contributed by atoms with Gasteiger partial charge in [0.25, 0.3) is 0 Å². The second-order valence-corrected chi connectivity index (χ2v) is 4.71. The van der Waals surface area contributed by atoms with Gasteiger partial charge in [-0.1, -0.05) is 43.7 Å². The van der Waals surface area contributed by atoms with Gasteiger partial charge in [0.1, 0.15) is 5.58 Å². The first-order valence-electron chi connectivity index (χ1n) is 6.03. The van der Waals surface area contributed by atoms with E-state index in [9.17, 15) is 0 Å². The predicted octanol–water partition coefficient (Wildman–Crippen LogP) is 3.83. The maximum absolute atomic E-state index is 5.51. The highest BCUT2D eigenvalue weighted by Gasteiger charge is 2.02. The van der Waals surface area contributed by atoms with E-state index in [4.69, 9.17) is 4.42 Å². The molecule has 0 saturated heterocycles. The Morgan fingerprint density at radius 2 is 2.12 bits per heavy atom. The largest absolute Gasteiger partial charge is 0.464 e. The highest BCUT2D eigenvalue weighted by molar-refractivity contribution is 5.87. The molecule has 1 heterocycles. The Balaban J connectivity index is 2.20. The second-order valence-electron chi connectivity index (χ2n) is 4.71. The van der Waals surface area contributed by atoms with Gasteiger partial charge in [0.15, 0.2) is 0 Å². The van der Waals surface area contributed by atoms with Crippen LogP contribution in [0.4, 0.5) is 0 Å². The Bertz CT molecular complexity index is 522. The van der Waals surface area contributed by atoms with Crippen LogP contribution in [-0.2, 0) is 0 Å². The molecule has 0 spiro atoms. The molecular formula is C15H19NO. The Morgan fingerprint density at radius 3 is 2.88 bits per heavy atom. The lowest BCUT2D eigenvalue weighted by Crippen LogP contribution is -2.24. The Kier molecular flexibility index (Phi) is 3.64. The molecule has 0 bridgehead atoms. The van der Waals surface area contributed by atoms with Crippen molar-refractivity contribution in [3.63, 3.8) is 0 Å². The van der Waals surface area contributed by atoms with Crippen molar-refractivity contribution in [3.8, 4) is 0 Å². The minimum Gasteiger partial charge on any atom is -0.464 e. The van der Waals surface area contributed by atoms with Gasteiger partial charge in [-0.3, -0.25) is 0 Å². The molecule has 1 N–H and O–H groups in total. The second kappa shape index (κ2) is 5.19. The third-order valence-corrected chi connectivity index (χ3v) is 2.70. The molecule has 17 heavy (non-hydrogen) atoms. The lowest BCUT2D eigenvalue weighted by molar-refractivity contribution is 0.614. The molecule has 0 atom stereocenters. The molecule has 0 aliphatic heterocycles. The summed E-state index contributed by atoms with van der Waals surface area (Å²) in [6.45, 7) is 7.36. The van der Waals surface area contributed by atoms with Crippen LogP contribution in [0, 0.1) is 0 Å².